The number of likely N-dealkylation sites (N-methyl/N-ethyl adjacent to an activating group) is 1. The van der Waals surface area contributed by atoms with Crippen molar-refractivity contribution in [1.29, 1.82) is 0 Å². The van der Waals surface area contributed by atoms with Crippen LogP contribution in [0.4, 0.5) is 5.82 Å². The molecule has 2 heterocycles. The first kappa shape index (κ1) is 23.4. The van der Waals surface area contributed by atoms with Gasteiger partial charge in [0.05, 0.1) is 4.90 Å². The predicted molar refractivity (Wildman–Crippen MR) is 118 cm³/mol. The van der Waals surface area contributed by atoms with Crippen LogP contribution in [0.15, 0.2) is 34.1 Å². The smallest absolute Gasteiger partial charge is 0.214 e. The van der Waals surface area contributed by atoms with Crippen LogP contribution in [0.1, 0.15) is 17.0 Å². The van der Waals surface area contributed by atoms with E-state index >= 15 is 0 Å². The summed E-state index contributed by atoms with van der Waals surface area (Å²) in [6.07, 6.45) is 0.804. The SMILES string of the molecule is CNc1nn2c(C)c(CCN(C)C)c(C)nc2c1S(=O)(=O)c1cccc(Cl)c1.Cl. The first-order valence-corrected chi connectivity index (χ1v) is 10.7. The molecule has 0 aliphatic heterocycles. The van der Waals surface area contributed by atoms with Gasteiger partial charge in [-0.2, -0.15) is 0 Å². The molecule has 0 saturated heterocycles. The molecule has 2 aromatic heterocycles. The lowest BCUT2D eigenvalue weighted by Gasteiger charge is -2.14. The second-order valence-electron chi connectivity index (χ2n) is 6.94. The molecule has 0 spiro atoms. The molecule has 0 unspecified atom stereocenters. The molecule has 3 rings (SSSR count). The van der Waals surface area contributed by atoms with Gasteiger partial charge in [0.25, 0.3) is 0 Å². The van der Waals surface area contributed by atoms with Gasteiger partial charge in [0.1, 0.15) is 0 Å². The molecule has 0 aliphatic rings. The molecule has 7 nitrogen and oxygen atoms in total. The molecule has 0 saturated carbocycles. The fourth-order valence-corrected chi connectivity index (χ4v) is 5.00. The number of halogens is 2. The Morgan fingerprint density at radius 3 is 2.52 bits per heavy atom. The van der Waals surface area contributed by atoms with Crippen LogP contribution in [0.25, 0.3) is 5.65 Å². The van der Waals surface area contributed by atoms with E-state index in [0.717, 1.165) is 29.9 Å². The van der Waals surface area contributed by atoms with Gasteiger partial charge in [0.2, 0.25) is 9.84 Å². The third-order valence-corrected chi connectivity index (χ3v) is 6.73. The van der Waals surface area contributed by atoms with E-state index < -0.39 is 9.84 Å². The van der Waals surface area contributed by atoms with Crippen molar-refractivity contribution < 1.29 is 8.42 Å². The lowest BCUT2D eigenvalue weighted by molar-refractivity contribution is 0.412. The molecular formula is C19H25Cl2N5O2S. The Morgan fingerprint density at radius 2 is 1.93 bits per heavy atom. The molecule has 29 heavy (non-hydrogen) atoms. The molecule has 10 heteroatoms. The number of nitrogens with zero attached hydrogens (tertiary/aromatic N) is 4. The maximum Gasteiger partial charge on any atom is 0.214 e. The Morgan fingerprint density at radius 1 is 1.24 bits per heavy atom. The normalized spacial score (nSPS) is 11.7. The first-order chi connectivity index (χ1) is 13.2. The van der Waals surface area contributed by atoms with Gasteiger partial charge < -0.3 is 10.2 Å². The zero-order valence-electron chi connectivity index (χ0n) is 17.0. The molecule has 0 amide bonds. The number of nitrogens with one attached hydrogen (secondary N) is 1. The third kappa shape index (κ3) is 4.35. The Balaban J connectivity index is 0.00000300. The summed E-state index contributed by atoms with van der Waals surface area (Å²) in [5.74, 6) is 0.264. The van der Waals surface area contributed by atoms with Crippen molar-refractivity contribution in [3.8, 4) is 0 Å². The van der Waals surface area contributed by atoms with Crippen LogP contribution in [0.2, 0.25) is 5.02 Å². The second-order valence-corrected chi connectivity index (χ2v) is 9.26. The van der Waals surface area contributed by atoms with Gasteiger partial charge in [-0.05, 0) is 58.1 Å². The fourth-order valence-electron chi connectivity index (χ4n) is 3.20. The Hall–Kier alpha value is -1.87. The zero-order chi connectivity index (χ0) is 20.6. The van der Waals surface area contributed by atoms with Gasteiger partial charge in [0, 0.05) is 30.0 Å². The van der Waals surface area contributed by atoms with E-state index in [0.29, 0.717) is 10.7 Å². The lowest BCUT2D eigenvalue weighted by Crippen LogP contribution is -2.17. The van der Waals surface area contributed by atoms with Crippen molar-refractivity contribution in [3.63, 3.8) is 0 Å². The molecule has 158 valence electrons. The summed E-state index contributed by atoms with van der Waals surface area (Å²) in [5, 5.41) is 7.75. The van der Waals surface area contributed by atoms with E-state index in [9.17, 15) is 8.42 Å². The molecule has 0 bridgehead atoms. The summed E-state index contributed by atoms with van der Waals surface area (Å²) in [6, 6.07) is 6.21. The summed E-state index contributed by atoms with van der Waals surface area (Å²) < 4.78 is 28.3. The van der Waals surface area contributed by atoms with E-state index in [-0.39, 0.29) is 28.0 Å². The highest BCUT2D eigenvalue weighted by molar-refractivity contribution is 7.91. The van der Waals surface area contributed by atoms with Crippen molar-refractivity contribution in [2.45, 2.75) is 30.1 Å². The van der Waals surface area contributed by atoms with Crippen LogP contribution in [0, 0.1) is 13.8 Å². The molecule has 0 atom stereocenters. The van der Waals surface area contributed by atoms with E-state index in [1.165, 1.54) is 12.1 Å². The molecule has 0 fully saturated rings. The van der Waals surface area contributed by atoms with E-state index in [1.807, 2.05) is 27.9 Å². The van der Waals surface area contributed by atoms with Crippen LogP contribution in [-0.4, -0.2) is 55.6 Å². The Bertz CT molecular complexity index is 1140. The van der Waals surface area contributed by atoms with E-state index in [2.05, 4.69) is 20.3 Å². The number of rotatable bonds is 6. The zero-order valence-corrected chi connectivity index (χ0v) is 19.4. The number of sulfone groups is 1. The van der Waals surface area contributed by atoms with Crippen LogP contribution in [0.3, 0.4) is 0 Å². The second kappa shape index (κ2) is 8.87. The van der Waals surface area contributed by atoms with Gasteiger partial charge in [-0.15, -0.1) is 17.5 Å². The lowest BCUT2D eigenvalue weighted by atomic mass is 10.1. The van der Waals surface area contributed by atoms with Crippen LogP contribution in [0.5, 0.6) is 0 Å². The monoisotopic (exact) mass is 457 g/mol. The van der Waals surface area contributed by atoms with Crippen LogP contribution in [-0.2, 0) is 16.3 Å². The number of benzene rings is 1. The standard InChI is InChI=1S/C19H24ClN5O2S.ClH/c1-12-16(9-10-24(4)5)13(2)25-19(22-12)17(18(21-3)23-25)28(26,27)15-8-6-7-14(20)11-15;/h6-8,11H,9-10H2,1-5H3,(H,21,23);1H. The summed E-state index contributed by atoms with van der Waals surface area (Å²) in [4.78, 5) is 6.89. The summed E-state index contributed by atoms with van der Waals surface area (Å²) in [6.45, 7) is 4.71. The molecule has 0 radical (unpaired) electrons. The quantitative estimate of drug-likeness (QED) is 0.610. The number of aryl methyl sites for hydroxylation is 2. The van der Waals surface area contributed by atoms with Crippen molar-refractivity contribution in [2.24, 2.45) is 0 Å². The van der Waals surface area contributed by atoms with Gasteiger partial charge >= 0.3 is 0 Å². The Labute approximate surface area is 182 Å². The minimum Gasteiger partial charge on any atom is -0.370 e. The minimum atomic E-state index is -3.86. The summed E-state index contributed by atoms with van der Waals surface area (Å²) >= 11 is 6.02. The van der Waals surface area contributed by atoms with Crippen molar-refractivity contribution in [2.75, 3.05) is 33.0 Å². The number of fused-ring (bicyclic) bond motifs is 1. The minimum absolute atomic E-state index is 0. The molecule has 1 aromatic carbocycles. The fraction of sp³-hybridized carbons (Fsp3) is 0.368. The molecule has 1 N–H and O–H groups in total. The first-order valence-electron chi connectivity index (χ1n) is 8.88. The predicted octanol–water partition coefficient (Wildman–Crippen LogP) is 3.40. The maximum atomic E-state index is 13.4. The molecule has 0 aliphatic carbocycles. The van der Waals surface area contributed by atoms with E-state index in [1.54, 1.807) is 23.7 Å². The highest BCUT2D eigenvalue weighted by atomic mass is 35.5. The van der Waals surface area contributed by atoms with Crippen LogP contribution < -0.4 is 5.32 Å². The van der Waals surface area contributed by atoms with E-state index in [4.69, 9.17) is 11.6 Å². The van der Waals surface area contributed by atoms with Gasteiger partial charge in [-0.3, -0.25) is 0 Å². The Kier molecular flexibility index (Phi) is 7.16. The molecule has 3 aromatic rings. The molecular weight excluding hydrogens is 433 g/mol. The highest BCUT2D eigenvalue weighted by Gasteiger charge is 2.30. The number of aromatic nitrogens is 3. The largest absolute Gasteiger partial charge is 0.370 e. The van der Waals surface area contributed by atoms with Gasteiger partial charge in [-0.1, -0.05) is 17.7 Å². The number of anilines is 1. The summed E-state index contributed by atoms with van der Waals surface area (Å²) in [5.41, 5.74) is 3.07. The third-order valence-electron chi connectivity index (χ3n) is 4.70. The van der Waals surface area contributed by atoms with Crippen LogP contribution >= 0.6 is 24.0 Å². The number of hydrogen-bond acceptors (Lipinski definition) is 6. The summed E-state index contributed by atoms with van der Waals surface area (Å²) in [7, 11) is 1.81. The highest BCUT2D eigenvalue weighted by Crippen LogP contribution is 2.32. The average molecular weight is 458 g/mol. The average Bonchev–Trinajstić information content (AvgIpc) is 3.00. The van der Waals surface area contributed by atoms with Gasteiger partial charge in [-0.25, -0.2) is 17.9 Å². The van der Waals surface area contributed by atoms with Gasteiger partial charge in [0.15, 0.2) is 16.4 Å². The van der Waals surface area contributed by atoms with Crippen molar-refractivity contribution in [3.05, 3.63) is 46.2 Å². The maximum absolute atomic E-state index is 13.4. The number of hydrogen-bond donors (Lipinski definition) is 1. The van der Waals surface area contributed by atoms with Crippen molar-refractivity contribution >= 4 is 45.3 Å². The van der Waals surface area contributed by atoms with Crippen molar-refractivity contribution in [1.82, 2.24) is 19.5 Å². The topological polar surface area (TPSA) is 79.6 Å².